The monoisotopic (exact) mass is 339 g/mol. The van der Waals surface area contributed by atoms with E-state index in [1.165, 1.54) is 24.1 Å². The molecule has 132 valence electrons. The van der Waals surface area contributed by atoms with Crippen LogP contribution in [-0.4, -0.2) is 32.8 Å². The van der Waals surface area contributed by atoms with Crippen molar-refractivity contribution in [1.82, 2.24) is 19.7 Å². The molecule has 6 nitrogen and oxygen atoms in total. The molecule has 25 heavy (non-hydrogen) atoms. The quantitative estimate of drug-likeness (QED) is 0.857. The average Bonchev–Trinajstić information content (AvgIpc) is 2.65. The van der Waals surface area contributed by atoms with Gasteiger partial charge in [0.1, 0.15) is 12.1 Å². The van der Waals surface area contributed by atoms with E-state index < -0.39 is 0 Å². The molecule has 4 rings (SSSR count). The number of aryl methyl sites for hydroxylation is 2. The molecule has 1 saturated heterocycles. The highest BCUT2D eigenvalue weighted by Gasteiger charge is 2.25. The zero-order valence-corrected chi connectivity index (χ0v) is 14.8. The second kappa shape index (κ2) is 6.94. The molecule has 2 aromatic heterocycles. The van der Waals surface area contributed by atoms with Crippen molar-refractivity contribution in [2.45, 2.75) is 52.0 Å². The molecule has 2 aromatic rings. The normalized spacial score (nSPS) is 18.2. The standard InChI is InChI=1S/C19H25N5O/c1-14-6-7-18(25)24(22-14)12-15-8-10-23(11-9-15)19-16-4-2-3-5-17(16)20-13-21-19/h6-7,13,15H,2-5,8-12H2,1H3. The summed E-state index contributed by atoms with van der Waals surface area (Å²) in [7, 11) is 0. The van der Waals surface area contributed by atoms with Crippen molar-refractivity contribution in [3.05, 3.63) is 45.8 Å². The van der Waals surface area contributed by atoms with Crippen molar-refractivity contribution >= 4 is 5.82 Å². The van der Waals surface area contributed by atoms with Gasteiger partial charge in [0.15, 0.2) is 0 Å². The summed E-state index contributed by atoms with van der Waals surface area (Å²) in [4.78, 5) is 23.5. The van der Waals surface area contributed by atoms with Gasteiger partial charge in [0.2, 0.25) is 0 Å². The third-order valence-corrected chi connectivity index (χ3v) is 5.45. The Kier molecular flexibility index (Phi) is 4.51. The number of hydrogen-bond donors (Lipinski definition) is 0. The molecular formula is C19H25N5O. The van der Waals surface area contributed by atoms with Crippen LogP contribution in [0.5, 0.6) is 0 Å². The van der Waals surface area contributed by atoms with Gasteiger partial charge in [0.25, 0.3) is 5.56 Å². The fraction of sp³-hybridized carbons (Fsp3) is 0.579. The molecule has 1 aliphatic carbocycles. The summed E-state index contributed by atoms with van der Waals surface area (Å²) in [5, 5.41) is 4.37. The summed E-state index contributed by atoms with van der Waals surface area (Å²) in [6, 6.07) is 3.39. The molecular weight excluding hydrogens is 314 g/mol. The van der Waals surface area contributed by atoms with E-state index in [2.05, 4.69) is 20.0 Å². The smallest absolute Gasteiger partial charge is 0.266 e. The first-order chi connectivity index (χ1) is 12.2. The van der Waals surface area contributed by atoms with Gasteiger partial charge in [-0.1, -0.05) is 0 Å². The summed E-state index contributed by atoms with van der Waals surface area (Å²) in [5.74, 6) is 1.65. The first-order valence-electron chi connectivity index (χ1n) is 9.33. The molecule has 0 bridgehead atoms. The van der Waals surface area contributed by atoms with E-state index in [9.17, 15) is 4.79 Å². The van der Waals surface area contributed by atoms with Crippen LogP contribution in [0, 0.1) is 12.8 Å². The van der Waals surface area contributed by atoms with Crippen molar-refractivity contribution in [2.75, 3.05) is 18.0 Å². The highest BCUT2D eigenvalue weighted by Crippen LogP contribution is 2.30. The Hall–Kier alpha value is -2.24. The summed E-state index contributed by atoms with van der Waals surface area (Å²) in [5.41, 5.74) is 3.50. The molecule has 0 saturated carbocycles. The van der Waals surface area contributed by atoms with Crippen molar-refractivity contribution in [3.63, 3.8) is 0 Å². The Bertz CT molecular complexity index is 808. The third kappa shape index (κ3) is 3.43. The largest absolute Gasteiger partial charge is 0.356 e. The van der Waals surface area contributed by atoms with Gasteiger partial charge >= 0.3 is 0 Å². The Morgan fingerprint density at radius 1 is 1.12 bits per heavy atom. The van der Waals surface area contributed by atoms with Crippen LogP contribution in [0.2, 0.25) is 0 Å². The Morgan fingerprint density at radius 2 is 1.92 bits per heavy atom. The second-order valence-electron chi connectivity index (χ2n) is 7.26. The van der Waals surface area contributed by atoms with Crippen molar-refractivity contribution in [1.29, 1.82) is 0 Å². The predicted octanol–water partition coefficient (Wildman–Crippen LogP) is 2.14. The van der Waals surface area contributed by atoms with Gasteiger partial charge in [-0.3, -0.25) is 4.79 Å². The highest BCUT2D eigenvalue weighted by molar-refractivity contribution is 5.49. The van der Waals surface area contributed by atoms with Crippen molar-refractivity contribution in [3.8, 4) is 0 Å². The Morgan fingerprint density at radius 3 is 2.76 bits per heavy atom. The molecule has 0 N–H and O–H groups in total. The zero-order valence-electron chi connectivity index (χ0n) is 14.8. The molecule has 0 radical (unpaired) electrons. The van der Waals surface area contributed by atoms with E-state index in [1.807, 2.05) is 6.92 Å². The molecule has 0 aromatic carbocycles. The number of fused-ring (bicyclic) bond motifs is 1. The van der Waals surface area contributed by atoms with Gasteiger partial charge in [-0.25, -0.2) is 14.6 Å². The number of nitrogens with zero attached hydrogens (tertiary/aromatic N) is 5. The van der Waals surface area contributed by atoms with Crippen LogP contribution in [0.1, 0.15) is 42.6 Å². The summed E-state index contributed by atoms with van der Waals surface area (Å²) in [6.07, 6.45) is 8.54. The molecule has 0 unspecified atom stereocenters. The minimum Gasteiger partial charge on any atom is -0.356 e. The Labute approximate surface area is 147 Å². The molecule has 1 aliphatic heterocycles. The van der Waals surface area contributed by atoms with Crippen LogP contribution in [0.25, 0.3) is 0 Å². The van der Waals surface area contributed by atoms with Crippen LogP contribution in [-0.2, 0) is 19.4 Å². The fourth-order valence-corrected chi connectivity index (χ4v) is 4.03. The van der Waals surface area contributed by atoms with E-state index >= 15 is 0 Å². The van der Waals surface area contributed by atoms with Crippen LogP contribution in [0.15, 0.2) is 23.3 Å². The maximum Gasteiger partial charge on any atom is 0.266 e. The minimum atomic E-state index is -0.00194. The van der Waals surface area contributed by atoms with E-state index in [-0.39, 0.29) is 5.56 Å². The summed E-state index contributed by atoms with van der Waals surface area (Å²) >= 11 is 0. The number of anilines is 1. The number of aromatic nitrogens is 4. The Balaban J connectivity index is 1.44. The average molecular weight is 339 g/mol. The zero-order chi connectivity index (χ0) is 17.2. The lowest BCUT2D eigenvalue weighted by atomic mass is 9.93. The van der Waals surface area contributed by atoms with E-state index in [1.54, 1.807) is 23.1 Å². The van der Waals surface area contributed by atoms with Gasteiger partial charge in [0, 0.05) is 37.0 Å². The molecule has 1 fully saturated rings. The summed E-state index contributed by atoms with van der Waals surface area (Å²) in [6.45, 7) is 4.64. The van der Waals surface area contributed by atoms with E-state index in [0.717, 1.165) is 56.8 Å². The van der Waals surface area contributed by atoms with Gasteiger partial charge < -0.3 is 4.90 Å². The SMILES string of the molecule is Cc1ccc(=O)n(CC2CCN(c3ncnc4c3CCCC4)CC2)n1. The second-order valence-corrected chi connectivity index (χ2v) is 7.26. The molecule has 0 atom stereocenters. The van der Waals surface area contributed by atoms with Gasteiger partial charge in [-0.15, -0.1) is 0 Å². The maximum absolute atomic E-state index is 12.0. The van der Waals surface area contributed by atoms with Crippen LogP contribution in [0.3, 0.4) is 0 Å². The van der Waals surface area contributed by atoms with Crippen LogP contribution >= 0.6 is 0 Å². The number of hydrogen-bond acceptors (Lipinski definition) is 5. The minimum absolute atomic E-state index is 0.00194. The first kappa shape index (κ1) is 16.2. The number of piperidine rings is 1. The molecule has 6 heteroatoms. The molecule has 3 heterocycles. The lowest BCUT2D eigenvalue weighted by molar-refractivity contribution is 0.333. The first-order valence-corrected chi connectivity index (χ1v) is 9.33. The molecule has 0 amide bonds. The van der Waals surface area contributed by atoms with Crippen molar-refractivity contribution in [2.24, 2.45) is 5.92 Å². The van der Waals surface area contributed by atoms with Crippen molar-refractivity contribution < 1.29 is 0 Å². The van der Waals surface area contributed by atoms with E-state index in [4.69, 9.17) is 0 Å². The van der Waals surface area contributed by atoms with Gasteiger partial charge in [-0.05, 0) is 57.4 Å². The molecule has 2 aliphatic rings. The topological polar surface area (TPSA) is 63.9 Å². The highest BCUT2D eigenvalue weighted by atomic mass is 16.1. The maximum atomic E-state index is 12.0. The lowest BCUT2D eigenvalue weighted by Crippen LogP contribution is -2.38. The van der Waals surface area contributed by atoms with Crippen LogP contribution < -0.4 is 10.5 Å². The van der Waals surface area contributed by atoms with Gasteiger partial charge in [-0.2, -0.15) is 5.10 Å². The third-order valence-electron chi connectivity index (χ3n) is 5.45. The van der Waals surface area contributed by atoms with Crippen LogP contribution in [0.4, 0.5) is 5.82 Å². The predicted molar refractivity (Wildman–Crippen MR) is 96.8 cm³/mol. The van der Waals surface area contributed by atoms with E-state index in [0.29, 0.717) is 5.92 Å². The number of rotatable bonds is 3. The lowest BCUT2D eigenvalue weighted by Gasteiger charge is -2.34. The van der Waals surface area contributed by atoms with Gasteiger partial charge in [0.05, 0.1) is 5.69 Å². The fourth-order valence-electron chi connectivity index (χ4n) is 4.03. The summed E-state index contributed by atoms with van der Waals surface area (Å²) < 4.78 is 1.63. The molecule has 0 spiro atoms.